The third kappa shape index (κ3) is 3.70. The van der Waals surface area contributed by atoms with Gasteiger partial charge in [0, 0.05) is 25.2 Å². The van der Waals surface area contributed by atoms with Gasteiger partial charge < -0.3 is 15.1 Å². The van der Waals surface area contributed by atoms with Crippen LogP contribution < -0.4 is 5.32 Å². The van der Waals surface area contributed by atoms with Gasteiger partial charge in [-0.05, 0) is 39.0 Å². The molecule has 1 aromatic rings. The van der Waals surface area contributed by atoms with E-state index in [0.29, 0.717) is 5.56 Å². The first kappa shape index (κ1) is 14.8. The molecule has 0 unspecified atom stereocenters. The zero-order chi connectivity index (χ0) is 14.5. The van der Waals surface area contributed by atoms with Crippen molar-refractivity contribution in [3.8, 4) is 0 Å². The van der Waals surface area contributed by atoms with E-state index in [2.05, 4.69) is 17.3 Å². The van der Waals surface area contributed by atoms with Gasteiger partial charge in [-0.25, -0.2) is 9.18 Å². The molecule has 1 aromatic carbocycles. The molecule has 0 spiro atoms. The number of halogens is 1. The Balaban J connectivity index is 1.84. The number of nitrogens with zero attached hydrogens (tertiary/aromatic N) is 2. The van der Waals surface area contributed by atoms with E-state index >= 15 is 0 Å². The van der Waals surface area contributed by atoms with Crippen LogP contribution >= 0.6 is 0 Å². The lowest BCUT2D eigenvalue weighted by atomic mass is 10.0. The highest BCUT2D eigenvalue weighted by molar-refractivity contribution is 5.74. The molecule has 1 aliphatic rings. The van der Waals surface area contributed by atoms with Gasteiger partial charge in [0.25, 0.3) is 0 Å². The van der Waals surface area contributed by atoms with Gasteiger partial charge in [-0.15, -0.1) is 0 Å². The number of carbonyl (C=O) groups excluding carboxylic acids is 1. The van der Waals surface area contributed by atoms with Crippen LogP contribution in [-0.2, 0) is 6.54 Å². The summed E-state index contributed by atoms with van der Waals surface area (Å²) in [4.78, 5) is 16.1. The molecule has 2 rings (SSSR count). The summed E-state index contributed by atoms with van der Waals surface area (Å²) in [6.07, 6.45) is 1.97. The highest BCUT2D eigenvalue weighted by Gasteiger charge is 2.23. The minimum absolute atomic E-state index is 0.136. The maximum atomic E-state index is 13.5. The molecular weight excluding hydrogens is 257 g/mol. The lowest BCUT2D eigenvalue weighted by molar-refractivity contribution is 0.147. The van der Waals surface area contributed by atoms with E-state index in [1.165, 1.54) is 6.07 Å². The monoisotopic (exact) mass is 279 g/mol. The molecule has 0 radical (unpaired) electrons. The molecular formula is C15H22FN3O. The molecule has 0 aromatic heterocycles. The summed E-state index contributed by atoms with van der Waals surface area (Å²) >= 11 is 0. The second-order valence-corrected chi connectivity index (χ2v) is 5.40. The molecule has 0 saturated carbocycles. The van der Waals surface area contributed by atoms with Crippen molar-refractivity contribution < 1.29 is 9.18 Å². The molecule has 1 N–H and O–H groups in total. The van der Waals surface area contributed by atoms with Crippen LogP contribution in [0.15, 0.2) is 24.3 Å². The van der Waals surface area contributed by atoms with Crippen molar-refractivity contribution in [1.82, 2.24) is 15.1 Å². The lowest BCUT2D eigenvalue weighted by Gasteiger charge is -2.35. The van der Waals surface area contributed by atoms with Gasteiger partial charge in [0.05, 0.1) is 0 Å². The number of hydrogen-bond acceptors (Lipinski definition) is 2. The van der Waals surface area contributed by atoms with Crippen LogP contribution in [0, 0.1) is 5.82 Å². The Morgan fingerprint density at radius 1 is 1.40 bits per heavy atom. The molecule has 1 saturated heterocycles. The average Bonchev–Trinajstić information content (AvgIpc) is 2.46. The van der Waals surface area contributed by atoms with E-state index in [4.69, 9.17) is 0 Å². The van der Waals surface area contributed by atoms with E-state index in [1.54, 1.807) is 23.1 Å². The largest absolute Gasteiger partial charge is 0.334 e. The number of carbonyl (C=O) groups is 1. The van der Waals surface area contributed by atoms with E-state index in [0.717, 1.165) is 25.9 Å². The number of urea groups is 1. The van der Waals surface area contributed by atoms with Crippen LogP contribution in [0.3, 0.4) is 0 Å². The first-order valence-electron chi connectivity index (χ1n) is 7.00. The van der Waals surface area contributed by atoms with Gasteiger partial charge in [0.2, 0.25) is 0 Å². The van der Waals surface area contributed by atoms with Crippen molar-refractivity contribution in [1.29, 1.82) is 0 Å². The minimum Gasteiger partial charge on any atom is -0.334 e. The van der Waals surface area contributed by atoms with E-state index in [9.17, 15) is 9.18 Å². The predicted octanol–water partition coefficient (Wildman–Crippen LogP) is 2.06. The highest BCUT2D eigenvalue weighted by atomic mass is 19.1. The molecule has 5 heteroatoms. The number of benzene rings is 1. The SMILES string of the molecule is CN1CCC(N(C)C(=O)NCc2ccccc2F)CC1. The quantitative estimate of drug-likeness (QED) is 0.919. The normalized spacial score (nSPS) is 16.9. The molecule has 1 heterocycles. The van der Waals surface area contributed by atoms with Crippen LogP contribution in [0.4, 0.5) is 9.18 Å². The molecule has 20 heavy (non-hydrogen) atoms. The van der Waals surface area contributed by atoms with Gasteiger partial charge in [0.15, 0.2) is 0 Å². The highest BCUT2D eigenvalue weighted by Crippen LogP contribution is 2.14. The van der Waals surface area contributed by atoms with Gasteiger partial charge in [-0.1, -0.05) is 18.2 Å². The van der Waals surface area contributed by atoms with E-state index < -0.39 is 0 Å². The van der Waals surface area contributed by atoms with Crippen LogP contribution in [0.2, 0.25) is 0 Å². The maximum absolute atomic E-state index is 13.5. The topological polar surface area (TPSA) is 35.6 Å². The van der Waals surface area contributed by atoms with Crippen molar-refractivity contribution in [2.24, 2.45) is 0 Å². The smallest absolute Gasteiger partial charge is 0.317 e. The van der Waals surface area contributed by atoms with Crippen molar-refractivity contribution >= 4 is 6.03 Å². The molecule has 0 atom stereocenters. The van der Waals surface area contributed by atoms with Gasteiger partial charge >= 0.3 is 6.03 Å². The Kier molecular flexibility index (Phi) is 4.95. The third-order valence-corrected chi connectivity index (χ3v) is 3.94. The number of amides is 2. The fourth-order valence-corrected chi connectivity index (χ4v) is 2.49. The molecule has 2 amide bonds. The van der Waals surface area contributed by atoms with Crippen LogP contribution in [0.1, 0.15) is 18.4 Å². The third-order valence-electron chi connectivity index (χ3n) is 3.94. The van der Waals surface area contributed by atoms with Crippen molar-refractivity contribution in [3.63, 3.8) is 0 Å². The maximum Gasteiger partial charge on any atom is 0.317 e. The summed E-state index contributed by atoms with van der Waals surface area (Å²) < 4.78 is 13.5. The second kappa shape index (κ2) is 6.70. The van der Waals surface area contributed by atoms with Crippen molar-refractivity contribution in [2.75, 3.05) is 27.2 Å². The molecule has 0 aliphatic carbocycles. The van der Waals surface area contributed by atoms with Crippen LogP contribution in [0.25, 0.3) is 0 Å². The second-order valence-electron chi connectivity index (χ2n) is 5.40. The van der Waals surface area contributed by atoms with Gasteiger partial charge in [0.1, 0.15) is 5.82 Å². The summed E-state index contributed by atoms with van der Waals surface area (Å²) in [5.41, 5.74) is 0.512. The Bertz CT molecular complexity index is 458. The lowest BCUT2D eigenvalue weighted by Crippen LogP contribution is -2.48. The molecule has 1 aliphatic heterocycles. The predicted molar refractivity (Wildman–Crippen MR) is 76.9 cm³/mol. The van der Waals surface area contributed by atoms with E-state index in [-0.39, 0.29) is 24.4 Å². The molecule has 0 bridgehead atoms. The fourth-order valence-electron chi connectivity index (χ4n) is 2.49. The number of piperidine rings is 1. The summed E-state index contributed by atoms with van der Waals surface area (Å²) in [6, 6.07) is 6.64. The number of nitrogens with one attached hydrogen (secondary N) is 1. The summed E-state index contributed by atoms with van der Waals surface area (Å²) in [5, 5.41) is 2.78. The van der Waals surface area contributed by atoms with Crippen LogP contribution in [0.5, 0.6) is 0 Å². The molecule has 4 nitrogen and oxygen atoms in total. The fraction of sp³-hybridized carbons (Fsp3) is 0.533. The number of rotatable bonds is 3. The van der Waals surface area contributed by atoms with Crippen molar-refractivity contribution in [3.05, 3.63) is 35.6 Å². The molecule has 1 fully saturated rings. The zero-order valence-corrected chi connectivity index (χ0v) is 12.1. The number of likely N-dealkylation sites (tertiary alicyclic amines) is 1. The summed E-state index contributed by atoms with van der Waals surface area (Å²) in [6.45, 7) is 2.24. The first-order valence-corrected chi connectivity index (χ1v) is 7.00. The Hall–Kier alpha value is -1.62. The van der Waals surface area contributed by atoms with Crippen LogP contribution in [-0.4, -0.2) is 49.1 Å². The molecule has 110 valence electrons. The standard InChI is InChI=1S/C15H22FN3O/c1-18-9-7-13(8-10-18)19(2)15(20)17-11-12-5-3-4-6-14(12)16/h3-6,13H,7-11H2,1-2H3,(H,17,20). The van der Waals surface area contributed by atoms with Gasteiger partial charge in [-0.2, -0.15) is 0 Å². The summed E-state index contributed by atoms with van der Waals surface area (Å²) in [7, 11) is 3.90. The Labute approximate surface area is 119 Å². The Morgan fingerprint density at radius 2 is 2.05 bits per heavy atom. The van der Waals surface area contributed by atoms with Gasteiger partial charge in [-0.3, -0.25) is 0 Å². The number of hydrogen-bond donors (Lipinski definition) is 1. The van der Waals surface area contributed by atoms with Crippen molar-refractivity contribution in [2.45, 2.75) is 25.4 Å². The Morgan fingerprint density at radius 3 is 2.70 bits per heavy atom. The van der Waals surface area contributed by atoms with E-state index in [1.807, 2.05) is 7.05 Å². The average molecular weight is 279 g/mol. The minimum atomic E-state index is -0.283. The zero-order valence-electron chi connectivity index (χ0n) is 12.1. The summed E-state index contributed by atoms with van der Waals surface area (Å²) in [5.74, 6) is -0.283. The first-order chi connectivity index (χ1) is 9.58.